The van der Waals surface area contributed by atoms with E-state index in [-0.39, 0.29) is 30.8 Å². The third-order valence-electron chi connectivity index (χ3n) is 9.31. The summed E-state index contributed by atoms with van der Waals surface area (Å²) in [6.45, 7) is 0.0804. The number of hydrogen-bond donors (Lipinski definition) is 0. The third kappa shape index (κ3) is 5.04. The number of benzene rings is 3. The summed E-state index contributed by atoms with van der Waals surface area (Å²) in [7, 11) is 8.62. The van der Waals surface area contributed by atoms with Gasteiger partial charge in [0.05, 0.1) is 46.6 Å². The van der Waals surface area contributed by atoms with E-state index in [1.54, 1.807) is 34.5 Å². The Hall–Kier alpha value is -4.52. The second-order valence-corrected chi connectivity index (χ2v) is 11.4. The molecule has 0 aliphatic carbocycles. The smallest absolute Gasteiger partial charge is 0.330 e. The van der Waals surface area contributed by atoms with Gasteiger partial charge in [0.2, 0.25) is 0 Å². The summed E-state index contributed by atoms with van der Waals surface area (Å²) < 4.78 is 28.6. The van der Waals surface area contributed by atoms with Crippen LogP contribution in [0.5, 0.6) is 23.0 Å². The van der Waals surface area contributed by atoms with Gasteiger partial charge in [-0.05, 0) is 78.0 Å². The molecule has 0 aromatic heterocycles. The Labute approximate surface area is 258 Å². The molecule has 228 valence electrons. The van der Waals surface area contributed by atoms with Crippen molar-refractivity contribution in [1.82, 2.24) is 9.80 Å². The summed E-state index contributed by atoms with van der Waals surface area (Å²) >= 11 is 0. The first-order valence-corrected chi connectivity index (χ1v) is 14.7. The predicted octanol–water partition coefficient (Wildman–Crippen LogP) is 4.75. The standard InChI is InChI=1S/C35H37N3O6/c1-37-26-13-23-16-31(41-3)33(43-5)18-25(23)35(37)27-14-22-15-30(40-2)32(42-4)17-24(22)29(38(27)28(26)19-36)20-44-34(39)12-11-21-9-7-6-8-10-21/h6-12,15-18,26-29,35H,13-14,20H2,1-5H3. The van der Waals surface area contributed by atoms with Gasteiger partial charge >= 0.3 is 5.97 Å². The molecule has 3 aromatic carbocycles. The number of nitrogens with zero attached hydrogens (tertiary/aromatic N) is 3. The quantitative estimate of drug-likeness (QED) is 0.270. The molecule has 3 aliphatic heterocycles. The molecule has 0 spiro atoms. The first-order valence-electron chi connectivity index (χ1n) is 14.7. The molecule has 0 amide bonds. The molecule has 3 aliphatic rings. The third-order valence-corrected chi connectivity index (χ3v) is 9.31. The molecule has 9 nitrogen and oxygen atoms in total. The van der Waals surface area contributed by atoms with Gasteiger partial charge in [0.1, 0.15) is 12.6 Å². The molecule has 1 fully saturated rings. The van der Waals surface area contributed by atoms with Gasteiger partial charge < -0.3 is 23.7 Å². The maximum atomic E-state index is 13.0. The maximum absolute atomic E-state index is 13.0. The lowest BCUT2D eigenvalue weighted by molar-refractivity contribution is -0.143. The fraction of sp³-hybridized carbons (Fsp3) is 0.371. The fourth-order valence-corrected chi connectivity index (χ4v) is 7.28. The Morgan fingerprint density at radius 2 is 1.43 bits per heavy atom. The van der Waals surface area contributed by atoms with E-state index in [1.165, 1.54) is 6.08 Å². The van der Waals surface area contributed by atoms with Crippen molar-refractivity contribution < 1.29 is 28.5 Å². The average molecular weight is 596 g/mol. The first-order chi connectivity index (χ1) is 21.4. The molecule has 3 heterocycles. The molecule has 0 N–H and O–H groups in total. The summed E-state index contributed by atoms with van der Waals surface area (Å²) in [5.41, 5.74) is 5.25. The number of carbonyl (C=O) groups excluding carboxylic acids is 1. The summed E-state index contributed by atoms with van der Waals surface area (Å²) in [4.78, 5) is 17.6. The maximum Gasteiger partial charge on any atom is 0.330 e. The van der Waals surface area contributed by atoms with Crippen LogP contribution in [0, 0.1) is 11.3 Å². The van der Waals surface area contributed by atoms with E-state index in [9.17, 15) is 10.1 Å². The van der Waals surface area contributed by atoms with Crippen molar-refractivity contribution in [2.75, 3.05) is 42.1 Å². The normalized spacial score (nSPS) is 24.0. The average Bonchev–Trinajstić information content (AvgIpc) is 3.05. The number of hydrogen-bond acceptors (Lipinski definition) is 9. The molecule has 44 heavy (non-hydrogen) atoms. The van der Waals surface area contributed by atoms with Crippen LogP contribution >= 0.6 is 0 Å². The van der Waals surface area contributed by atoms with Gasteiger partial charge in [-0.3, -0.25) is 9.80 Å². The van der Waals surface area contributed by atoms with Crippen LogP contribution < -0.4 is 18.9 Å². The monoisotopic (exact) mass is 595 g/mol. The van der Waals surface area contributed by atoms with Crippen molar-refractivity contribution >= 4 is 12.0 Å². The van der Waals surface area contributed by atoms with Crippen LogP contribution in [0.15, 0.2) is 60.7 Å². The molecule has 2 bridgehead atoms. The molecule has 1 saturated heterocycles. The molecule has 0 radical (unpaired) electrons. The predicted molar refractivity (Wildman–Crippen MR) is 165 cm³/mol. The Bertz CT molecular complexity index is 1620. The van der Waals surface area contributed by atoms with Crippen LogP contribution in [-0.4, -0.2) is 76.0 Å². The van der Waals surface area contributed by atoms with E-state index in [4.69, 9.17) is 23.7 Å². The molecule has 3 aromatic rings. The minimum Gasteiger partial charge on any atom is -0.493 e. The zero-order valence-corrected chi connectivity index (χ0v) is 25.7. The first kappa shape index (κ1) is 29.5. The zero-order valence-electron chi connectivity index (χ0n) is 25.7. The van der Waals surface area contributed by atoms with E-state index >= 15 is 0 Å². The summed E-state index contributed by atoms with van der Waals surface area (Å²) in [6, 6.07) is 19.3. The van der Waals surface area contributed by atoms with Crippen molar-refractivity contribution in [2.45, 2.75) is 43.1 Å². The van der Waals surface area contributed by atoms with Gasteiger partial charge in [-0.15, -0.1) is 0 Å². The molecule has 5 unspecified atom stereocenters. The van der Waals surface area contributed by atoms with Gasteiger partial charge in [0, 0.05) is 18.2 Å². The highest BCUT2D eigenvalue weighted by molar-refractivity contribution is 5.87. The Kier molecular flexibility index (Phi) is 8.21. The number of esters is 1. The van der Waals surface area contributed by atoms with Crippen LogP contribution in [0.25, 0.3) is 6.08 Å². The number of fused-ring (bicyclic) bond motifs is 7. The summed E-state index contributed by atoms with van der Waals surface area (Å²) in [6.07, 6.45) is 4.53. The lowest BCUT2D eigenvalue weighted by atomic mass is 9.72. The number of methoxy groups -OCH3 is 4. The number of ether oxygens (including phenoxy) is 5. The second kappa shape index (κ2) is 12.2. The van der Waals surface area contributed by atoms with Gasteiger partial charge in [-0.2, -0.15) is 5.26 Å². The molecule has 9 heteroatoms. The zero-order chi connectivity index (χ0) is 31.0. The molecular formula is C35H37N3O6. The van der Waals surface area contributed by atoms with E-state index < -0.39 is 12.0 Å². The molecular weight excluding hydrogens is 558 g/mol. The van der Waals surface area contributed by atoms with E-state index in [1.807, 2.05) is 48.5 Å². The topological polar surface area (TPSA) is 93.5 Å². The van der Waals surface area contributed by atoms with Crippen molar-refractivity contribution in [2.24, 2.45) is 0 Å². The lowest BCUT2D eigenvalue weighted by Gasteiger charge is -2.59. The van der Waals surface area contributed by atoms with Crippen LogP contribution in [0.2, 0.25) is 0 Å². The van der Waals surface area contributed by atoms with Crippen molar-refractivity contribution in [3.05, 3.63) is 88.5 Å². The number of rotatable bonds is 8. The van der Waals surface area contributed by atoms with Crippen molar-refractivity contribution in [3.63, 3.8) is 0 Å². The molecule has 0 saturated carbocycles. The SMILES string of the molecule is COc1cc2c(cc1OC)C1C3Cc4cc(OC)c(OC)cc4C(COC(=O)C=Cc4ccccc4)N3C(C#N)C(C2)N1C. The molecule has 6 rings (SSSR count). The number of likely N-dealkylation sites (N-methyl/N-ethyl adjacent to an activating group) is 1. The highest BCUT2D eigenvalue weighted by Crippen LogP contribution is 2.52. The van der Waals surface area contributed by atoms with Gasteiger partial charge in [-0.1, -0.05) is 30.3 Å². The van der Waals surface area contributed by atoms with Gasteiger partial charge in [0.25, 0.3) is 0 Å². The van der Waals surface area contributed by atoms with E-state index in [2.05, 4.69) is 29.0 Å². The fourth-order valence-electron chi connectivity index (χ4n) is 7.28. The highest BCUT2D eigenvalue weighted by atomic mass is 16.5. The van der Waals surface area contributed by atoms with Gasteiger partial charge in [-0.25, -0.2) is 4.79 Å². The Morgan fingerprint density at radius 3 is 2.05 bits per heavy atom. The van der Waals surface area contributed by atoms with Crippen LogP contribution in [-0.2, 0) is 22.4 Å². The van der Waals surface area contributed by atoms with Crippen LogP contribution in [0.1, 0.15) is 39.9 Å². The van der Waals surface area contributed by atoms with Crippen LogP contribution in [0.3, 0.4) is 0 Å². The van der Waals surface area contributed by atoms with Crippen LogP contribution in [0.4, 0.5) is 0 Å². The lowest BCUT2D eigenvalue weighted by Crippen LogP contribution is -2.68. The highest BCUT2D eigenvalue weighted by Gasteiger charge is 2.54. The Morgan fingerprint density at radius 1 is 0.864 bits per heavy atom. The largest absolute Gasteiger partial charge is 0.493 e. The minimum absolute atomic E-state index is 0.0365. The van der Waals surface area contributed by atoms with Gasteiger partial charge in [0.15, 0.2) is 23.0 Å². The summed E-state index contributed by atoms with van der Waals surface area (Å²) in [5, 5.41) is 10.7. The van der Waals surface area contributed by atoms with E-state index in [0.717, 1.165) is 27.8 Å². The second-order valence-electron chi connectivity index (χ2n) is 11.4. The van der Waals surface area contributed by atoms with Crippen molar-refractivity contribution in [3.8, 4) is 29.1 Å². The number of carbonyl (C=O) groups is 1. The number of nitriles is 1. The van der Waals surface area contributed by atoms with E-state index in [0.29, 0.717) is 35.8 Å². The van der Waals surface area contributed by atoms with Crippen molar-refractivity contribution in [1.29, 1.82) is 5.26 Å². The number of piperazine rings is 1. The summed E-state index contributed by atoms with van der Waals surface area (Å²) in [5.74, 6) is 2.14. The molecule has 5 atom stereocenters. The minimum atomic E-state index is -0.452. The Balaban J connectivity index is 1.43.